The van der Waals surface area contributed by atoms with E-state index in [0.29, 0.717) is 4.77 Å². The number of hydrogen-bond acceptors (Lipinski definition) is 3. The minimum absolute atomic E-state index is 0.266. The topological polar surface area (TPSA) is 56.5 Å². The summed E-state index contributed by atoms with van der Waals surface area (Å²) < 4.78 is 13.6. The molecule has 2 aromatic heterocycles. The smallest absolute Gasteiger partial charge is 0.175 e. The van der Waals surface area contributed by atoms with Gasteiger partial charge in [-0.05, 0) is 55.5 Å². The molecule has 0 spiro atoms. The minimum atomic E-state index is -0.266. The SMILES string of the molecule is CCNc1cc(-c2[nH]c(=S)[nH]c2-c2ccc(F)cc2)ccn1. The van der Waals surface area contributed by atoms with Gasteiger partial charge in [0.25, 0.3) is 0 Å². The lowest BCUT2D eigenvalue weighted by Crippen LogP contribution is -1.98. The van der Waals surface area contributed by atoms with Crippen LogP contribution in [0, 0.1) is 10.6 Å². The maximum Gasteiger partial charge on any atom is 0.175 e. The maximum absolute atomic E-state index is 13.1. The van der Waals surface area contributed by atoms with E-state index in [-0.39, 0.29) is 5.82 Å². The fourth-order valence-corrected chi connectivity index (χ4v) is 2.50. The van der Waals surface area contributed by atoms with Crippen LogP contribution in [0.25, 0.3) is 22.5 Å². The monoisotopic (exact) mass is 314 g/mol. The molecule has 0 aliphatic rings. The van der Waals surface area contributed by atoms with Gasteiger partial charge >= 0.3 is 0 Å². The van der Waals surface area contributed by atoms with Crippen LogP contribution in [0.5, 0.6) is 0 Å². The molecule has 0 bridgehead atoms. The Bertz CT molecular complexity index is 836. The third-order valence-corrected chi connectivity index (χ3v) is 3.47. The Hall–Kier alpha value is -2.47. The number of nitrogens with zero attached hydrogens (tertiary/aromatic N) is 1. The summed E-state index contributed by atoms with van der Waals surface area (Å²) in [7, 11) is 0. The summed E-state index contributed by atoms with van der Waals surface area (Å²) in [5.41, 5.74) is 3.51. The van der Waals surface area contributed by atoms with E-state index in [1.807, 2.05) is 19.1 Å². The molecule has 3 aromatic rings. The summed E-state index contributed by atoms with van der Waals surface area (Å²) in [5, 5.41) is 3.18. The van der Waals surface area contributed by atoms with Crippen LogP contribution in [0.15, 0.2) is 42.6 Å². The third kappa shape index (κ3) is 2.92. The number of nitrogens with one attached hydrogen (secondary N) is 3. The molecule has 22 heavy (non-hydrogen) atoms. The maximum atomic E-state index is 13.1. The Morgan fingerprint density at radius 2 is 1.77 bits per heavy atom. The van der Waals surface area contributed by atoms with Crippen molar-refractivity contribution in [3.05, 3.63) is 53.2 Å². The summed E-state index contributed by atoms with van der Waals surface area (Å²) in [6, 6.07) is 10.2. The third-order valence-electron chi connectivity index (χ3n) is 3.27. The number of pyridine rings is 1. The first kappa shape index (κ1) is 14.5. The van der Waals surface area contributed by atoms with E-state index < -0.39 is 0 Å². The molecule has 0 amide bonds. The average molecular weight is 314 g/mol. The van der Waals surface area contributed by atoms with Crippen LogP contribution in [-0.2, 0) is 0 Å². The molecule has 112 valence electrons. The Labute approximate surface area is 132 Å². The summed E-state index contributed by atoms with van der Waals surface area (Å²) in [6.45, 7) is 2.81. The number of halogens is 1. The van der Waals surface area contributed by atoms with Crippen LogP contribution in [0.3, 0.4) is 0 Å². The van der Waals surface area contributed by atoms with Crippen molar-refractivity contribution in [3.63, 3.8) is 0 Å². The Morgan fingerprint density at radius 3 is 2.45 bits per heavy atom. The van der Waals surface area contributed by atoms with E-state index >= 15 is 0 Å². The number of aromatic nitrogens is 3. The van der Waals surface area contributed by atoms with Gasteiger partial charge in [0.1, 0.15) is 11.6 Å². The first-order valence-corrected chi connectivity index (χ1v) is 7.36. The lowest BCUT2D eigenvalue weighted by molar-refractivity contribution is 0.628. The summed E-state index contributed by atoms with van der Waals surface area (Å²) in [4.78, 5) is 10.5. The zero-order valence-corrected chi connectivity index (χ0v) is 12.8. The second kappa shape index (κ2) is 6.11. The van der Waals surface area contributed by atoms with Crippen LogP contribution in [0.2, 0.25) is 0 Å². The molecule has 1 aromatic carbocycles. The molecule has 0 saturated carbocycles. The van der Waals surface area contributed by atoms with Crippen molar-refractivity contribution in [1.82, 2.24) is 15.0 Å². The lowest BCUT2D eigenvalue weighted by atomic mass is 10.1. The molecule has 4 nitrogen and oxygen atoms in total. The van der Waals surface area contributed by atoms with E-state index in [2.05, 4.69) is 20.3 Å². The van der Waals surface area contributed by atoms with Gasteiger partial charge in [0.2, 0.25) is 0 Å². The van der Waals surface area contributed by atoms with Gasteiger partial charge in [-0.15, -0.1) is 0 Å². The number of hydrogen-bond donors (Lipinski definition) is 3. The number of imidazole rings is 1. The molecule has 3 rings (SSSR count). The van der Waals surface area contributed by atoms with Crippen LogP contribution < -0.4 is 5.32 Å². The van der Waals surface area contributed by atoms with Crippen molar-refractivity contribution < 1.29 is 4.39 Å². The fraction of sp³-hybridized carbons (Fsp3) is 0.125. The van der Waals surface area contributed by atoms with Crippen LogP contribution in [0.4, 0.5) is 10.2 Å². The molecule has 0 atom stereocenters. The van der Waals surface area contributed by atoms with Gasteiger partial charge in [0.05, 0.1) is 11.4 Å². The highest BCUT2D eigenvalue weighted by Gasteiger charge is 2.11. The first-order valence-electron chi connectivity index (χ1n) is 6.96. The van der Waals surface area contributed by atoms with Crippen LogP contribution in [0.1, 0.15) is 6.92 Å². The van der Waals surface area contributed by atoms with E-state index in [1.54, 1.807) is 18.3 Å². The van der Waals surface area contributed by atoms with Crippen molar-refractivity contribution in [1.29, 1.82) is 0 Å². The molecular weight excluding hydrogens is 299 g/mol. The molecule has 0 fully saturated rings. The Kier molecular flexibility index (Phi) is 4.02. The predicted octanol–water partition coefficient (Wildman–Crippen LogP) is 4.37. The van der Waals surface area contributed by atoms with Crippen molar-refractivity contribution in [2.75, 3.05) is 11.9 Å². The summed E-state index contributed by atoms with van der Waals surface area (Å²) in [6.07, 6.45) is 1.74. The quantitative estimate of drug-likeness (QED) is 0.627. The highest BCUT2D eigenvalue weighted by molar-refractivity contribution is 7.71. The Morgan fingerprint density at radius 1 is 1.09 bits per heavy atom. The highest BCUT2D eigenvalue weighted by Crippen LogP contribution is 2.30. The molecular formula is C16H15FN4S. The van der Waals surface area contributed by atoms with Gasteiger partial charge in [-0.2, -0.15) is 0 Å². The standard InChI is InChI=1S/C16H15FN4S/c1-2-18-13-9-11(7-8-19-13)15-14(20-16(22)21-15)10-3-5-12(17)6-4-10/h3-9H,2H2,1H3,(H,18,19)(H2,20,21,22). The van der Waals surface area contributed by atoms with Gasteiger partial charge in [-0.25, -0.2) is 9.37 Å². The number of H-pyrrole nitrogens is 2. The number of rotatable bonds is 4. The molecule has 0 radical (unpaired) electrons. The molecule has 6 heteroatoms. The lowest BCUT2D eigenvalue weighted by Gasteiger charge is -2.07. The highest BCUT2D eigenvalue weighted by atomic mass is 32.1. The van der Waals surface area contributed by atoms with Gasteiger partial charge in [-0.3, -0.25) is 0 Å². The van der Waals surface area contributed by atoms with Crippen molar-refractivity contribution >= 4 is 18.0 Å². The zero-order chi connectivity index (χ0) is 15.5. The number of aromatic amines is 2. The predicted molar refractivity (Wildman–Crippen MR) is 88.8 cm³/mol. The molecule has 3 N–H and O–H groups in total. The second-order valence-electron chi connectivity index (χ2n) is 4.80. The molecule has 2 heterocycles. The molecule has 0 aliphatic carbocycles. The summed E-state index contributed by atoms with van der Waals surface area (Å²) in [5.74, 6) is 0.531. The van der Waals surface area contributed by atoms with E-state index in [0.717, 1.165) is 34.9 Å². The van der Waals surface area contributed by atoms with Crippen molar-refractivity contribution in [2.45, 2.75) is 6.92 Å². The van der Waals surface area contributed by atoms with Crippen LogP contribution in [-0.4, -0.2) is 21.5 Å². The van der Waals surface area contributed by atoms with E-state index in [9.17, 15) is 4.39 Å². The van der Waals surface area contributed by atoms with Crippen LogP contribution >= 0.6 is 12.2 Å². The molecule has 0 saturated heterocycles. The molecule has 0 unspecified atom stereocenters. The van der Waals surface area contributed by atoms with Gasteiger partial charge in [0, 0.05) is 23.9 Å². The van der Waals surface area contributed by atoms with Crippen molar-refractivity contribution in [3.8, 4) is 22.5 Å². The number of anilines is 1. The Balaban J connectivity index is 2.10. The van der Waals surface area contributed by atoms with Gasteiger partial charge < -0.3 is 15.3 Å². The largest absolute Gasteiger partial charge is 0.370 e. The second-order valence-corrected chi connectivity index (χ2v) is 5.20. The van der Waals surface area contributed by atoms with Gasteiger partial charge in [0.15, 0.2) is 4.77 Å². The number of benzene rings is 1. The molecule has 0 aliphatic heterocycles. The fourth-order valence-electron chi connectivity index (χ4n) is 2.30. The summed E-state index contributed by atoms with van der Waals surface area (Å²) >= 11 is 5.21. The first-order chi connectivity index (χ1) is 10.7. The van der Waals surface area contributed by atoms with E-state index in [4.69, 9.17) is 12.2 Å². The zero-order valence-electron chi connectivity index (χ0n) is 12.0. The average Bonchev–Trinajstić information content (AvgIpc) is 2.91. The minimum Gasteiger partial charge on any atom is -0.370 e. The van der Waals surface area contributed by atoms with E-state index in [1.165, 1.54) is 12.1 Å². The normalized spacial score (nSPS) is 10.6. The van der Waals surface area contributed by atoms with Crippen molar-refractivity contribution in [2.24, 2.45) is 0 Å². The van der Waals surface area contributed by atoms with Gasteiger partial charge in [-0.1, -0.05) is 0 Å².